The summed E-state index contributed by atoms with van der Waals surface area (Å²) in [6.45, 7) is 14.1. The van der Waals surface area contributed by atoms with Crippen LogP contribution in [0, 0.1) is 23.7 Å². The molecule has 0 spiro atoms. The van der Waals surface area contributed by atoms with E-state index in [1.807, 2.05) is 0 Å². The smallest absolute Gasteiger partial charge is 0.0363 e. The van der Waals surface area contributed by atoms with Crippen molar-refractivity contribution in [3.8, 4) is 0 Å². The molecule has 0 aromatic rings. The quantitative estimate of drug-likeness (QED) is 0.567. The van der Waals surface area contributed by atoms with Gasteiger partial charge >= 0.3 is 0 Å². The van der Waals surface area contributed by atoms with Gasteiger partial charge < -0.3 is 0 Å². The molecule has 0 aromatic heterocycles. The first-order chi connectivity index (χ1) is 5.49. The fourth-order valence-corrected chi connectivity index (χ4v) is 2.01. The van der Waals surface area contributed by atoms with Gasteiger partial charge in [0.25, 0.3) is 0 Å². The van der Waals surface area contributed by atoms with Crippen LogP contribution >= 0.6 is 0 Å². The van der Waals surface area contributed by atoms with Gasteiger partial charge in [-0.15, -0.1) is 0 Å². The molecule has 82 valence electrons. The third-order valence-electron chi connectivity index (χ3n) is 2.97. The molecule has 2 atom stereocenters. The molecule has 0 radical (unpaired) electrons. The Morgan fingerprint density at radius 3 is 1.62 bits per heavy atom. The molecule has 13 heavy (non-hydrogen) atoms. The van der Waals surface area contributed by atoms with Gasteiger partial charge in [-0.2, -0.15) is 0 Å². The van der Waals surface area contributed by atoms with Crippen molar-refractivity contribution in [2.45, 2.75) is 61.8 Å². The second kappa shape index (κ2) is 7.41. The lowest BCUT2D eigenvalue weighted by Crippen LogP contribution is -2.19. The Kier molecular flexibility index (Phi) is 8.82. The second-order valence-electron chi connectivity index (χ2n) is 4.92. The predicted octanol–water partition coefficient (Wildman–Crippen LogP) is 4.99. The minimum atomic E-state index is 0. The maximum Gasteiger partial charge on any atom is -0.0363 e. The van der Waals surface area contributed by atoms with E-state index in [0.29, 0.717) is 0 Å². The fraction of sp³-hybridized carbons (Fsp3) is 1.00. The summed E-state index contributed by atoms with van der Waals surface area (Å²) < 4.78 is 0. The maximum absolute atomic E-state index is 2.40. The fourth-order valence-electron chi connectivity index (χ4n) is 2.01. The Morgan fingerprint density at radius 1 is 0.923 bits per heavy atom. The van der Waals surface area contributed by atoms with Gasteiger partial charge in [-0.25, -0.2) is 0 Å². The highest BCUT2D eigenvalue weighted by Gasteiger charge is 2.20. The van der Waals surface area contributed by atoms with Gasteiger partial charge in [0.05, 0.1) is 0 Å². The van der Waals surface area contributed by atoms with Crippen molar-refractivity contribution in [1.82, 2.24) is 0 Å². The number of hydrogen-bond donors (Lipinski definition) is 0. The van der Waals surface area contributed by atoms with Gasteiger partial charge in [-0.05, 0) is 30.1 Å². The largest absolute Gasteiger partial charge is 0.0776 e. The Bertz CT molecular complexity index is 103. The number of rotatable bonds is 5. The molecule has 0 nitrogen and oxygen atoms in total. The highest BCUT2D eigenvalue weighted by Crippen LogP contribution is 2.29. The third kappa shape index (κ3) is 6.12. The lowest BCUT2D eigenvalue weighted by molar-refractivity contribution is 0.222. The van der Waals surface area contributed by atoms with Crippen LogP contribution in [-0.2, 0) is 0 Å². The van der Waals surface area contributed by atoms with E-state index >= 15 is 0 Å². The minimum absolute atomic E-state index is 0. The SMILES string of the molecule is C.CCC(C)C(CC(C)C)C(C)C. The molecule has 0 aliphatic heterocycles. The van der Waals surface area contributed by atoms with Crippen molar-refractivity contribution >= 4 is 0 Å². The van der Waals surface area contributed by atoms with Crippen molar-refractivity contribution in [3.63, 3.8) is 0 Å². The van der Waals surface area contributed by atoms with E-state index in [1.165, 1.54) is 12.8 Å². The average molecular weight is 186 g/mol. The van der Waals surface area contributed by atoms with Gasteiger partial charge in [0.2, 0.25) is 0 Å². The predicted molar refractivity (Wildman–Crippen MR) is 64.0 cm³/mol. The molecule has 0 aromatic carbocycles. The molecule has 0 aliphatic rings. The van der Waals surface area contributed by atoms with E-state index in [0.717, 1.165) is 23.7 Å². The van der Waals surface area contributed by atoms with E-state index in [2.05, 4.69) is 41.5 Å². The summed E-state index contributed by atoms with van der Waals surface area (Å²) in [5, 5.41) is 0. The van der Waals surface area contributed by atoms with Gasteiger partial charge in [0.1, 0.15) is 0 Å². The van der Waals surface area contributed by atoms with Crippen LogP contribution in [0.1, 0.15) is 61.8 Å². The summed E-state index contributed by atoms with van der Waals surface area (Å²) in [5.41, 5.74) is 0. The summed E-state index contributed by atoms with van der Waals surface area (Å²) >= 11 is 0. The van der Waals surface area contributed by atoms with Crippen LogP contribution in [0.3, 0.4) is 0 Å². The lowest BCUT2D eigenvalue weighted by Gasteiger charge is -2.28. The first-order valence-corrected chi connectivity index (χ1v) is 5.49. The van der Waals surface area contributed by atoms with Crippen molar-refractivity contribution in [1.29, 1.82) is 0 Å². The Labute approximate surface area is 86.1 Å². The minimum Gasteiger partial charge on any atom is -0.0776 e. The van der Waals surface area contributed by atoms with E-state index in [4.69, 9.17) is 0 Å². The van der Waals surface area contributed by atoms with Crippen LogP contribution in [0.15, 0.2) is 0 Å². The zero-order valence-corrected chi connectivity index (χ0v) is 9.72. The second-order valence-corrected chi connectivity index (χ2v) is 4.92. The summed E-state index contributed by atoms with van der Waals surface area (Å²) in [5.74, 6) is 3.52. The van der Waals surface area contributed by atoms with Gasteiger partial charge in [0.15, 0.2) is 0 Å². The summed E-state index contributed by atoms with van der Waals surface area (Å²) in [6.07, 6.45) is 2.72. The van der Waals surface area contributed by atoms with Crippen molar-refractivity contribution < 1.29 is 0 Å². The molecule has 2 unspecified atom stereocenters. The molecule has 0 rings (SSSR count). The first-order valence-electron chi connectivity index (χ1n) is 5.49. The normalized spacial score (nSPS) is 15.7. The highest BCUT2D eigenvalue weighted by molar-refractivity contribution is 4.70. The zero-order valence-electron chi connectivity index (χ0n) is 9.72. The molecule has 0 saturated carbocycles. The summed E-state index contributed by atoms with van der Waals surface area (Å²) in [4.78, 5) is 0. The Hall–Kier alpha value is 0. The summed E-state index contributed by atoms with van der Waals surface area (Å²) in [7, 11) is 0. The van der Waals surface area contributed by atoms with Crippen molar-refractivity contribution in [2.75, 3.05) is 0 Å². The van der Waals surface area contributed by atoms with Gasteiger partial charge in [-0.1, -0.05) is 55.4 Å². The van der Waals surface area contributed by atoms with Crippen LogP contribution in [0.25, 0.3) is 0 Å². The highest BCUT2D eigenvalue weighted by atomic mass is 14.3. The van der Waals surface area contributed by atoms with E-state index in [-0.39, 0.29) is 7.43 Å². The Balaban J connectivity index is 0. The average Bonchev–Trinajstić information content (AvgIpc) is 1.98. The summed E-state index contributed by atoms with van der Waals surface area (Å²) in [6, 6.07) is 0. The molecule has 0 fully saturated rings. The molecular formula is C13H30. The lowest BCUT2D eigenvalue weighted by atomic mass is 9.78. The molecular weight excluding hydrogens is 156 g/mol. The molecule has 0 amide bonds. The third-order valence-corrected chi connectivity index (χ3v) is 2.97. The van der Waals surface area contributed by atoms with Crippen LogP contribution < -0.4 is 0 Å². The van der Waals surface area contributed by atoms with Crippen molar-refractivity contribution in [3.05, 3.63) is 0 Å². The molecule has 0 aliphatic carbocycles. The molecule has 0 heterocycles. The molecule has 0 heteroatoms. The molecule has 0 bridgehead atoms. The number of hydrogen-bond acceptors (Lipinski definition) is 0. The Morgan fingerprint density at radius 2 is 1.38 bits per heavy atom. The zero-order chi connectivity index (χ0) is 9.72. The van der Waals surface area contributed by atoms with Crippen molar-refractivity contribution in [2.24, 2.45) is 23.7 Å². The van der Waals surface area contributed by atoms with Crippen LogP contribution in [0.4, 0.5) is 0 Å². The van der Waals surface area contributed by atoms with Gasteiger partial charge in [0, 0.05) is 0 Å². The topological polar surface area (TPSA) is 0 Å². The van der Waals surface area contributed by atoms with E-state index < -0.39 is 0 Å². The first kappa shape index (κ1) is 15.5. The van der Waals surface area contributed by atoms with Crippen LogP contribution in [0.5, 0.6) is 0 Å². The maximum atomic E-state index is 2.40. The molecule has 0 N–H and O–H groups in total. The van der Waals surface area contributed by atoms with Crippen LogP contribution in [-0.4, -0.2) is 0 Å². The van der Waals surface area contributed by atoms with E-state index in [9.17, 15) is 0 Å². The monoisotopic (exact) mass is 186 g/mol. The van der Waals surface area contributed by atoms with Crippen LogP contribution in [0.2, 0.25) is 0 Å². The standard InChI is InChI=1S/C12H26.CH4/c1-7-11(6)12(10(4)5)8-9(2)3;/h9-12H,7-8H2,1-6H3;1H4. The molecule has 0 saturated heterocycles. The van der Waals surface area contributed by atoms with E-state index in [1.54, 1.807) is 0 Å². The van der Waals surface area contributed by atoms with Gasteiger partial charge in [-0.3, -0.25) is 0 Å².